The van der Waals surface area contributed by atoms with E-state index in [1.54, 1.807) is 13.1 Å². The Morgan fingerprint density at radius 3 is 2.73 bits per heavy atom. The van der Waals surface area contributed by atoms with Crippen molar-refractivity contribution >= 4 is 22.6 Å². The van der Waals surface area contributed by atoms with Gasteiger partial charge in [-0.3, -0.25) is 4.68 Å². The first-order valence-corrected chi connectivity index (χ1v) is 4.15. The molecule has 0 amide bonds. The quantitative estimate of drug-likeness (QED) is 0.753. The SMILES string of the molecule is Cc1nn(CC(F)F)cc1I. The van der Waals surface area contributed by atoms with Crippen LogP contribution in [-0.2, 0) is 6.54 Å². The second-order valence-corrected chi connectivity index (χ2v) is 3.34. The normalized spacial score (nSPS) is 11.0. The number of aryl methyl sites for hydroxylation is 1. The Labute approximate surface area is 76.7 Å². The molecule has 62 valence electrons. The summed E-state index contributed by atoms with van der Waals surface area (Å²) in [7, 11) is 0. The molecule has 0 N–H and O–H groups in total. The minimum Gasteiger partial charge on any atom is -0.266 e. The molecule has 0 spiro atoms. The molecular weight excluding hydrogens is 265 g/mol. The van der Waals surface area contributed by atoms with E-state index in [1.165, 1.54) is 4.68 Å². The summed E-state index contributed by atoms with van der Waals surface area (Å²) < 4.78 is 25.8. The van der Waals surface area contributed by atoms with Crippen LogP contribution in [0.5, 0.6) is 0 Å². The van der Waals surface area contributed by atoms with Gasteiger partial charge in [-0.1, -0.05) is 0 Å². The van der Waals surface area contributed by atoms with E-state index in [1.807, 2.05) is 0 Å². The molecule has 0 fully saturated rings. The van der Waals surface area contributed by atoms with Gasteiger partial charge in [-0.05, 0) is 29.5 Å². The Hall–Kier alpha value is -0.200. The van der Waals surface area contributed by atoms with Crippen molar-refractivity contribution in [2.75, 3.05) is 0 Å². The minimum absolute atomic E-state index is 0.316. The molecule has 0 bridgehead atoms. The standard InChI is InChI=1S/C6H7F2IN2/c1-4-5(9)2-11(10-4)3-6(7)8/h2,6H,3H2,1H3. The molecule has 1 aromatic heterocycles. The van der Waals surface area contributed by atoms with Crippen molar-refractivity contribution in [2.24, 2.45) is 0 Å². The van der Waals surface area contributed by atoms with Crippen LogP contribution in [0.1, 0.15) is 5.69 Å². The van der Waals surface area contributed by atoms with Crippen LogP contribution in [0.3, 0.4) is 0 Å². The average Bonchev–Trinajstić information content (AvgIpc) is 2.10. The van der Waals surface area contributed by atoms with Gasteiger partial charge in [0.1, 0.15) is 6.54 Å². The Morgan fingerprint density at radius 2 is 2.36 bits per heavy atom. The summed E-state index contributed by atoms with van der Waals surface area (Å²) in [5.41, 5.74) is 0.797. The fourth-order valence-corrected chi connectivity index (χ4v) is 1.16. The van der Waals surface area contributed by atoms with Crippen molar-refractivity contribution in [3.05, 3.63) is 15.5 Å². The van der Waals surface area contributed by atoms with Crippen LogP contribution >= 0.6 is 22.6 Å². The van der Waals surface area contributed by atoms with Crippen LogP contribution in [0.15, 0.2) is 6.20 Å². The number of aromatic nitrogens is 2. The smallest absolute Gasteiger partial charge is 0.257 e. The molecule has 0 aliphatic rings. The summed E-state index contributed by atoms with van der Waals surface area (Å²) in [4.78, 5) is 0. The molecule has 11 heavy (non-hydrogen) atoms. The highest BCUT2D eigenvalue weighted by Crippen LogP contribution is 2.09. The zero-order valence-electron chi connectivity index (χ0n) is 5.89. The number of hydrogen-bond acceptors (Lipinski definition) is 1. The summed E-state index contributed by atoms with van der Waals surface area (Å²) >= 11 is 2.06. The average molecular weight is 272 g/mol. The third-order valence-corrected chi connectivity index (χ3v) is 2.27. The molecule has 2 nitrogen and oxygen atoms in total. The van der Waals surface area contributed by atoms with Crippen LogP contribution in [0.25, 0.3) is 0 Å². The van der Waals surface area contributed by atoms with E-state index in [0.29, 0.717) is 0 Å². The molecule has 0 radical (unpaired) electrons. The highest BCUT2D eigenvalue weighted by atomic mass is 127. The Balaban J connectivity index is 2.73. The van der Waals surface area contributed by atoms with E-state index >= 15 is 0 Å². The van der Waals surface area contributed by atoms with Gasteiger partial charge in [-0.2, -0.15) is 5.10 Å². The summed E-state index contributed by atoms with van der Waals surface area (Å²) in [5, 5.41) is 3.88. The van der Waals surface area contributed by atoms with Crippen molar-refractivity contribution in [3.63, 3.8) is 0 Å². The summed E-state index contributed by atoms with van der Waals surface area (Å²) in [6, 6.07) is 0. The van der Waals surface area contributed by atoms with Gasteiger partial charge in [-0.15, -0.1) is 0 Å². The van der Waals surface area contributed by atoms with E-state index < -0.39 is 6.43 Å². The van der Waals surface area contributed by atoms with E-state index in [9.17, 15) is 8.78 Å². The number of hydrogen-bond donors (Lipinski definition) is 0. The Kier molecular flexibility index (Phi) is 2.80. The molecule has 0 aromatic carbocycles. The maximum absolute atomic E-state index is 11.8. The maximum Gasteiger partial charge on any atom is 0.257 e. The first kappa shape index (κ1) is 8.89. The van der Waals surface area contributed by atoms with E-state index in [-0.39, 0.29) is 6.54 Å². The lowest BCUT2D eigenvalue weighted by atomic mass is 10.5. The minimum atomic E-state index is -2.33. The lowest BCUT2D eigenvalue weighted by Gasteiger charge is -1.97. The fourth-order valence-electron chi connectivity index (χ4n) is 0.728. The second kappa shape index (κ2) is 3.46. The maximum atomic E-state index is 11.8. The monoisotopic (exact) mass is 272 g/mol. The third-order valence-electron chi connectivity index (χ3n) is 1.21. The predicted molar refractivity (Wildman–Crippen MR) is 45.7 cm³/mol. The van der Waals surface area contributed by atoms with E-state index in [2.05, 4.69) is 27.7 Å². The molecule has 0 saturated carbocycles. The zero-order chi connectivity index (χ0) is 8.43. The number of nitrogens with zero attached hydrogens (tertiary/aromatic N) is 2. The van der Waals surface area contributed by atoms with Crippen molar-refractivity contribution in [1.82, 2.24) is 9.78 Å². The van der Waals surface area contributed by atoms with Crippen molar-refractivity contribution < 1.29 is 8.78 Å². The molecule has 0 atom stereocenters. The first-order valence-electron chi connectivity index (χ1n) is 3.07. The lowest BCUT2D eigenvalue weighted by molar-refractivity contribution is 0.121. The predicted octanol–water partition coefficient (Wildman–Crippen LogP) is 2.06. The summed E-state index contributed by atoms with van der Waals surface area (Å²) in [5.74, 6) is 0. The lowest BCUT2D eigenvalue weighted by Crippen LogP contribution is -2.06. The molecular formula is C6H7F2IN2. The van der Waals surface area contributed by atoms with Crippen molar-refractivity contribution in [2.45, 2.75) is 19.9 Å². The van der Waals surface area contributed by atoms with Crippen LogP contribution in [0.2, 0.25) is 0 Å². The Bertz CT molecular complexity index is 227. The highest BCUT2D eigenvalue weighted by molar-refractivity contribution is 14.1. The van der Waals surface area contributed by atoms with E-state index in [4.69, 9.17) is 0 Å². The Morgan fingerprint density at radius 1 is 1.73 bits per heavy atom. The molecule has 5 heteroatoms. The second-order valence-electron chi connectivity index (χ2n) is 2.18. The van der Waals surface area contributed by atoms with E-state index in [0.717, 1.165) is 9.26 Å². The third kappa shape index (κ3) is 2.39. The highest BCUT2D eigenvalue weighted by Gasteiger charge is 2.06. The zero-order valence-corrected chi connectivity index (χ0v) is 8.05. The van der Waals surface area contributed by atoms with Crippen LogP contribution < -0.4 is 0 Å². The van der Waals surface area contributed by atoms with Gasteiger partial charge in [0.05, 0.1) is 9.26 Å². The number of alkyl halides is 2. The van der Waals surface area contributed by atoms with Gasteiger partial charge < -0.3 is 0 Å². The molecule has 0 unspecified atom stereocenters. The first-order chi connectivity index (χ1) is 5.09. The van der Waals surface area contributed by atoms with Gasteiger partial charge in [0.25, 0.3) is 6.43 Å². The van der Waals surface area contributed by atoms with Gasteiger partial charge >= 0.3 is 0 Å². The van der Waals surface area contributed by atoms with Crippen LogP contribution in [0, 0.1) is 10.5 Å². The van der Waals surface area contributed by atoms with Crippen molar-refractivity contribution in [1.29, 1.82) is 0 Å². The molecule has 0 saturated heterocycles. The molecule has 1 aromatic rings. The van der Waals surface area contributed by atoms with Gasteiger partial charge in [0.15, 0.2) is 0 Å². The molecule has 1 heterocycles. The number of rotatable bonds is 2. The van der Waals surface area contributed by atoms with Crippen LogP contribution in [0.4, 0.5) is 8.78 Å². The summed E-state index contributed by atoms with van der Waals surface area (Å²) in [6.07, 6.45) is -0.715. The fraction of sp³-hybridized carbons (Fsp3) is 0.500. The largest absolute Gasteiger partial charge is 0.266 e. The van der Waals surface area contributed by atoms with Crippen LogP contribution in [-0.4, -0.2) is 16.2 Å². The van der Waals surface area contributed by atoms with Gasteiger partial charge in [0.2, 0.25) is 0 Å². The van der Waals surface area contributed by atoms with Gasteiger partial charge in [-0.25, -0.2) is 8.78 Å². The molecule has 0 aliphatic heterocycles. The summed E-state index contributed by atoms with van der Waals surface area (Å²) in [6.45, 7) is 1.48. The van der Waals surface area contributed by atoms with Gasteiger partial charge in [0, 0.05) is 6.20 Å². The van der Waals surface area contributed by atoms with Crippen molar-refractivity contribution in [3.8, 4) is 0 Å². The molecule has 0 aliphatic carbocycles. The topological polar surface area (TPSA) is 17.8 Å². The number of halogens is 3. The molecule has 1 rings (SSSR count).